The van der Waals surface area contributed by atoms with Crippen molar-refractivity contribution in [3.63, 3.8) is 0 Å². The summed E-state index contributed by atoms with van der Waals surface area (Å²) in [6.45, 7) is 1.94. The van der Waals surface area contributed by atoms with Crippen LogP contribution < -0.4 is 4.74 Å². The van der Waals surface area contributed by atoms with Gasteiger partial charge in [0.2, 0.25) is 0 Å². The maximum atomic E-state index is 10.3. The lowest BCUT2D eigenvalue weighted by atomic mass is 10.00. The van der Waals surface area contributed by atoms with E-state index < -0.39 is 6.10 Å². The number of aromatic nitrogens is 3. The summed E-state index contributed by atoms with van der Waals surface area (Å²) < 4.78 is 7.46. The van der Waals surface area contributed by atoms with Crippen LogP contribution in [0.1, 0.15) is 24.9 Å². The minimum atomic E-state index is -0.547. The van der Waals surface area contributed by atoms with Gasteiger partial charge in [0.15, 0.2) is 0 Å². The molecule has 1 N–H and O–H groups in total. The fourth-order valence-electron chi connectivity index (χ4n) is 2.51. The zero-order valence-electron chi connectivity index (χ0n) is 13.2. The molecule has 0 aliphatic heterocycles. The monoisotopic (exact) mass is 343 g/mol. The molecular formula is C18H18ClN3O2. The van der Waals surface area contributed by atoms with E-state index in [9.17, 15) is 5.11 Å². The summed E-state index contributed by atoms with van der Waals surface area (Å²) in [6.07, 6.45) is 3.15. The molecule has 2 unspecified atom stereocenters. The topological polar surface area (TPSA) is 60.2 Å². The maximum absolute atomic E-state index is 10.3. The molecule has 0 aliphatic rings. The first-order valence-corrected chi connectivity index (χ1v) is 8.10. The number of rotatable bonds is 6. The number of ether oxygens (including phenoxy) is 1. The largest absolute Gasteiger partial charge is 0.457 e. The van der Waals surface area contributed by atoms with Crippen LogP contribution in [-0.2, 0) is 0 Å². The normalized spacial score (nSPS) is 13.5. The first kappa shape index (κ1) is 16.5. The molecule has 0 radical (unpaired) electrons. The van der Waals surface area contributed by atoms with Gasteiger partial charge in [-0.1, -0.05) is 30.7 Å². The lowest BCUT2D eigenvalue weighted by Gasteiger charge is -2.22. The Labute approximate surface area is 145 Å². The Kier molecular flexibility index (Phi) is 5.13. The standard InChI is InChI=1S/C18H18ClN3O2/c1-2-17(23)18(22-12-20-11-21-22)13-3-7-15(8-4-13)24-16-9-5-14(19)6-10-16/h3-12,17-18,23H,2H2,1H3. The van der Waals surface area contributed by atoms with Crippen LogP contribution in [0, 0.1) is 0 Å². The predicted molar refractivity (Wildman–Crippen MR) is 92.4 cm³/mol. The first-order chi connectivity index (χ1) is 11.7. The van der Waals surface area contributed by atoms with Crippen molar-refractivity contribution in [2.24, 2.45) is 0 Å². The van der Waals surface area contributed by atoms with Crippen molar-refractivity contribution in [3.05, 3.63) is 71.8 Å². The van der Waals surface area contributed by atoms with Gasteiger partial charge < -0.3 is 9.84 Å². The summed E-state index contributed by atoms with van der Waals surface area (Å²) in [6, 6.07) is 14.5. The lowest BCUT2D eigenvalue weighted by Crippen LogP contribution is -2.25. The van der Waals surface area contributed by atoms with Crippen molar-refractivity contribution in [1.82, 2.24) is 14.8 Å². The Hall–Kier alpha value is -2.37. The number of halogens is 1. The van der Waals surface area contributed by atoms with E-state index >= 15 is 0 Å². The molecule has 1 heterocycles. The van der Waals surface area contributed by atoms with Crippen molar-refractivity contribution in [1.29, 1.82) is 0 Å². The van der Waals surface area contributed by atoms with E-state index in [2.05, 4.69) is 10.1 Å². The molecule has 5 nitrogen and oxygen atoms in total. The molecule has 0 saturated heterocycles. The zero-order valence-corrected chi connectivity index (χ0v) is 14.0. The fourth-order valence-corrected chi connectivity index (χ4v) is 2.63. The highest BCUT2D eigenvalue weighted by Crippen LogP contribution is 2.27. The number of hydrogen-bond donors (Lipinski definition) is 1. The summed E-state index contributed by atoms with van der Waals surface area (Å²) in [5, 5.41) is 15.2. The van der Waals surface area contributed by atoms with Gasteiger partial charge in [-0.3, -0.25) is 0 Å². The molecule has 0 amide bonds. The highest BCUT2D eigenvalue weighted by molar-refractivity contribution is 6.30. The van der Waals surface area contributed by atoms with Crippen LogP contribution in [0.3, 0.4) is 0 Å². The highest BCUT2D eigenvalue weighted by Gasteiger charge is 2.22. The van der Waals surface area contributed by atoms with E-state index in [0.717, 1.165) is 5.56 Å². The molecule has 24 heavy (non-hydrogen) atoms. The molecule has 124 valence electrons. The molecule has 2 aromatic carbocycles. The smallest absolute Gasteiger partial charge is 0.137 e. The number of benzene rings is 2. The van der Waals surface area contributed by atoms with Gasteiger partial charge in [-0.05, 0) is 48.4 Å². The lowest BCUT2D eigenvalue weighted by molar-refractivity contribution is 0.120. The van der Waals surface area contributed by atoms with Gasteiger partial charge >= 0.3 is 0 Å². The third-order valence-electron chi connectivity index (χ3n) is 3.78. The molecule has 0 spiro atoms. The zero-order chi connectivity index (χ0) is 16.9. The van der Waals surface area contributed by atoms with Crippen molar-refractivity contribution in [2.75, 3.05) is 0 Å². The van der Waals surface area contributed by atoms with Crippen molar-refractivity contribution in [2.45, 2.75) is 25.5 Å². The quantitative estimate of drug-likeness (QED) is 0.732. The van der Waals surface area contributed by atoms with Gasteiger partial charge in [0.25, 0.3) is 0 Å². The third-order valence-corrected chi connectivity index (χ3v) is 4.03. The molecule has 0 aliphatic carbocycles. The van der Waals surface area contributed by atoms with Gasteiger partial charge in [0.1, 0.15) is 30.2 Å². The van der Waals surface area contributed by atoms with Gasteiger partial charge in [-0.15, -0.1) is 0 Å². The van der Waals surface area contributed by atoms with Crippen LogP contribution in [0.2, 0.25) is 5.02 Å². The van der Waals surface area contributed by atoms with Crippen molar-refractivity contribution in [3.8, 4) is 11.5 Å². The second-order valence-electron chi connectivity index (χ2n) is 5.42. The maximum Gasteiger partial charge on any atom is 0.137 e. The number of aliphatic hydroxyl groups excluding tert-OH is 1. The molecule has 1 aromatic heterocycles. The fraction of sp³-hybridized carbons (Fsp3) is 0.222. The van der Waals surface area contributed by atoms with Crippen LogP contribution in [0.5, 0.6) is 11.5 Å². The van der Waals surface area contributed by atoms with E-state index in [1.54, 1.807) is 23.1 Å². The van der Waals surface area contributed by atoms with Crippen LogP contribution in [0.25, 0.3) is 0 Å². The van der Waals surface area contributed by atoms with Crippen LogP contribution in [-0.4, -0.2) is 26.0 Å². The SMILES string of the molecule is CCC(O)C(c1ccc(Oc2ccc(Cl)cc2)cc1)n1cncn1. The minimum absolute atomic E-state index is 0.276. The Bertz CT molecular complexity index is 758. The Morgan fingerprint density at radius 2 is 1.71 bits per heavy atom. The third kappa shape index (κ3) is 3.75. The minimum Gasteiger partial charge on any atom is -0.457 e. The van der Waals surface area contributed by atoms with Gasteiger partial charge in [0, 0.05) is 5.02 Å². The Balaban J connectivity index is 1.80. The summed E-state index contributed by atoms with van der Waals surface area (Å²) in [7, 11) is 0. The summed E-state index contributed by atoms with van der Waals surface area (Å²) in [5.74, 6) is 1.43. The average molecular weight is 344 g/mol. The number of hydrogen-bond acceptors (Lipinski definition) is 4. The Morgan fingerprint density at radius 1 is 1.08 bits per heavy atom. The van der Waals surface area contributed by atoms with E-state index in [-0.39, 0.29) is 6.04 Å². The molecular weight excluding hydrogens is 326 g/mol. The first-order valence-electron chi connectivity index (χ1n) is 7.73. The van der Waals surface area contributed by atoms with E-state index in [1.165, 1.54) is 6.33 Å². The van der Waals surface area contributed by atoms with Gasteiger partial charge in [0.05, 0.1) is 6.10 Å². The second kappa shape index (κ2) is 7.47. The van der Waals surface area contributed by atoms with Crippen molar-refractivity contribution >= 4 is 11.6 Å². The predicted octanol–water partition coefficient (Wildman–Crippen LogP) is 4.08. The summed E-state index contributed by atoms with van der Waals surface area (Å²) >= 11 is 5.87. The summed E-state index contributed by atoms with van der Waals surface area (Å²) in [5.41, 5.74) is 0.943. The summed E-state index contributed by atoms with van der Waals surface area (Å²) in [4.78, 5) is 3.97. The molecule has 3 rings (SSSR count). The van der Waals surface area contributed by atoms with Gasteiger partial charge in [-0.25, -0.2) is 9.67 Å². The molecule has 3 aromatic rings. The van der Waals surface area contributed by atoms with Crippen LogP contribution in [0.4, 0.5) is 0 Å². The van der Waals surface area contributed by atoms with E-state index in [1.807, 2.05) is 43.3 Å². The number of aliphatic hydroxyl groups is 1. The van der Waals surface area contributed by atoms with Crippen molar-refractivity contribution < 1.29 is 9.84 Å². The molecule has 6 heteroatoms. The highest BCUT2D eigenvalue weighted by atomic mass is 35.5. The van der Waals surface area contributed by atoms with E-state index in [0.29, 0.717) is 22.9 Å². The molecule has 0 saturated carbocycles. The average Bonchev–Trinajstić information content (AvgIpc) is 3.12. The number of nitrogens with zero attached hydrogens (tertiary/aromatic N) is 3. The molecule has 2 atom stereocenters. The van der Waals surface area contributed by atoms with Crippen LogP contribution >= 0.6 is 11.6 Å². The Morgan fingerprint density at radius 3 is 2.25 bits per heavy atom. The molecule has 0 fully saturated rings. The van der Waals surface area contributed by atoms with E-state index in [4.69, 9.17) is 16.3 Å². The molecule has 0 bridgehead atoms. The van der Waals surface area contributed by atoms with Gasteiger partial charge in [-0.2, -0.15) is 5.10 Å². The van der Waals surface area contributed by atoms with Crippen LogP contribution in [0.15, 0.2) is 61.2 Å². The second-order valence-corrected chi connectivity index (χ2v) is 5.86.